The number of piperazine rings is 1. The lowest BCUT2D eigenvalue weighted by molar-refractivity contribution is -0.384. The minimum atomic E-state index is -0.819. The summed E-state index contributed by atoms with van der Waals surface area (Å²) in [5.41, 5.74) is 0.937. The molecule has 2 rings (SSSR count). The van der Waals surface area contributed by atoms with E-state index in [0.29, 0.717) is 30.7 Å². The third-order valence-corrected chi connectivity index (χ3v) is 4.34. The fourth-order valence-corrected chi connectivity index (χ4v) is 2.99. The monoisotopic (exact) mass is 357 g/mol. The summed E-state index contributed by atoms with van der Waals surface area (Å²) >= 11 is 3.36. The number of non-ortho nitro benzene ring substituents is 1. The van der Waals surface area contributed by atoms with Crippen molar-refractivity contribution < 1.29 is 14.8 Å². The van der Waals surface area contributed by atoms with Crippen molar-refractivity contribution in [3.8, 4) is 0 Å². The molecule has 1 unspecified atom stereocenters. The number of benzene rings is 1. The Hall–Kier alpha value is -1.67. The van der Waals surface area contributed by atoms with Gasteiger partial charge in [0, 0.05) is 42.8 Å². The average Bonchev–Trinajstić information content (AvgIpc) is 2.46. The molecule has 0 amide bonds. The molecule has 1 saturated heterocycles. The summed E-state index contributed by atoms with van der Waals surface area (Å²) in [6.45, 7) is 4.36. The van der Waals surface area contributed by atoms with Gasteiger partial charge in [0.1, 0.15) is 6.04 Å². The molecular formula is C13H16BrN3O4. The van der Waals surface area contributed by atoms with E-state index in [1.54, 1.807) is 13.0 Å². The molecule has 1 N–H and O–H groups in total. The number of carboxylic acid groups (broad SMARTS) is 1. The van der Waals surface area contributed by atoms with Crippen molar-refractivity contribution in [2.45, 2.75) is 13.0 Å². The number of halogens is 1. The van der Waals surface area contributed by atoms with Gasteiger partial charge in [-0.05, 0) is 28.9 Å². The minimum Gasteiger partial charge on any atom is -0.480 e. The van der Waals surface area contributed by atoms with Crippen molar-refractivity contribution in [2.75, 3.05) is 31.1 Å². The molecule has 1 aliphatic heterocycles. The van der Waals surface area contributed by atoms with Gasteiger partial charge >= 0.3 is 5.97 Å². The van der Waals surface area contributed by atoms with Crippen LogP contribution in [0.3, 0.4) is 0 Å². The lowest BCUT2D eigenvalue weighted by Crippen LogP contribution is -2.51. The zero-order valence-electron chi connectivity index (χ0n) is 11.5. The maximum absolute atomic E-state index is 11.0. The first-order chi connectivity index (χ1) is 9.90. The second-order valence-corrected chi connectivity index (χ2v) is 5.78. The van der Waals surface area contributed by atoms with Crippen molar-refractivity contribution in [3.05, 3.63) is 32.8 Å². The number of aliphatic carboxylic acids is 1. The van der Waals surface area contributed by atoms with Crippen molar-refractivity contribution in [2.24, 2.45) is 0 Å². The Kier molecular flexibility index (Phi) is 4.79. The van der Waals surface area contributed by atoms with Crippen LogP contribution in [0.1, 0.15) is 6.92 Å². The molecule has 1 fully saturated rings. The van der Waals surface area contributed by atoms with Gasteiger partial charge in [0.25, 0.3) is 5.69 Å². The maximum atomic E-state index is 11.0. The summed E-state index contributed by atoms with van der Waals surface area (Å²) < 4.78 is 0.677. The van der Waals surface area contributed by atoms with Crippen LogP contribution in [0.25, 0.3) is 0 Å². The average molecular weight is 358 g/mol. The topological polar surface area (TPSA) is 86.9 Å². The van der Waals surface area contributed by atoms with E-state index in [4.69, 9.17) is 5.11 Å². The van der Waals surface area contributed by atoms with Gasteiger partial charge in [-0.1, -0.05) is 0 Å². The van der Waals surface area contributed by atoms with E-state index >= 15 is 0 Å². The van der Waals surface area contributed by atoms with Crippen LogP contribution in [0.2, 0.25) is 0 Å². The maximum Gasteiger partial charge on any atom is 0.320 e. The molecule has 0 radical (unpaired) electrons. The van der Waals surface area contributed by atoms with Crippen molar-refractivity contribution in [1.82, 2.24) is 4.90 Å². The van der Waals surface area contributed by atoms with E-state index in [1.165, 1.54) is 12.1 Å². The number of nitro groups is 1. The zero-order chi connectivity index (χ0) is 15.6. The number of carbonyl (C=O) groups is 1. The SMILES string of the molecule is CC(C(=O)O)N1CCN(c2ccc([N+](=O)[O-])cc2Br)CC1. The van der Waals surface area contributed by atoms with Crippen molar-refractivity contribution in [3.63, 3.8) is 0 Å². The molecule has 1 aliphatic rings. The third-order valence-electron chi connectivity index (χ3n) is 3.70. The van der Waals surface area contributed by atoms with Crippen LogP contribution in [-0.2, 0) is 4.79 Å². The number of nitro benzene ring substituents is 1. The molecule has 0 spiro atoms. The van der Waals surface area contributed by atoms with Crippen LogP contribution in [0, 0.1) is 10.1 Å². The second kappa shape index (κ2) is 6.40. The summed E-state index contributed by atoms with van der Waals surface area (Å²) in [5, 5.41) is 19.7. The second-order valence-electron chi connectivity index (χ2n) is 4.93. The largest absolute Gasteiger partial charge is 0.480 e. The van der Waals surface area contributed by atoms with Gasteiger partial charge in [-0.2, -0.15) is 0 Å². The van der Waals surface area contributed by atoms with Gasteiger partial charge in [-0.3, -0.25) is 19.8 Å². The van der Waals surface area contributed by atoms with Crippen LogP contribution in [0.5, 0.6) is 0 Å². The van der Waals surface area contributed by atoms with E-state index in [2.05, 4.69) is 20.8 Å². The van der Waals surface area contributed by atoms with E-state index in [1.807, 2.05) is 4.90 Å². The Morgan fingerprint density at radius 2 is 2.00 bits per heavy atom. The predicted molar refractivity (Wildman–Crippen MR) is 81.7 cm³/mol. The lowest BCUT2D eigenvalue weighted by Gasteiger charge is -2.38. The van der Waals surface area contributed by atoms with Gasteiger partial charge in [0.15, 0.2) is 0 Å². The van der Waals surface area contributed by atoms with Crippen LogP contribution < -0.4 is 4.90 Å². The first-order valence-corrected chi connectivity index (χ1v) is 7.35. The van der Waals surface area contributed by atoms with E-state index < -0.39 is 16.9 Å². The molecule has 114 valence electrons. The first-order valence-electron chi connectivity index (χ1n) is 6.56. The molecule has 21 heavy (non-hydrogen) atoms. The smallest absolute Gasteiger partial charge is 0.320 e. The van der Waals surface area contributed by atoms with Crippen molar-refractivity contribution in [1.29, 1.82) is 0 Å². The number of anilines is 1. The van der Waals surface area contributed by atoms with Gasteiger partial charge in [-0.25, -0.2) is 0 Å². The molecule has 0 bridgehead atoms. The van der Waals surface area contributed by atoms with Crippen LogP contribution >= 0.6 is 15.9 Å². The first kappa shape index (κ1) is 15.7. The van der Waals surface area contributed by atoms with Gasteiger partial charge in [0.05, 0.1) is 10.6 Å². The molecule has 1 atom stereocenters. The molecular weight excluding hydrogens is 342 g/mol. The highest BCUT2D eigenvalue weighted by atomic mass is 79.9. The third kappa shape index (κ3) is 3.51. The molecule has 7 nitrogen and oxygen atoms in total. The quantitative estimate of drug-likeness (QED) is 0.654. The highest BCUT2D eigenvalue weighted by molar-refractivity contribution is 9.10. The van der Waals surface area contributed by atoms with Crippen LogP contribution in [-0.4, -0.2) is 53.1 Å². The molecule has 0 aromatic heterocycles. The summed E-state index contributed by atoms with van der Waals surface area (Å²) in [6.07, 6.45) is 0. The number of rotatable bonds is 4. The Balaban J connectivity index is 2.05. The molecule has 0 saturated carbocycles. The summed E-state index contributed by atoms with van der Waals surface area (Å²) in [7, 11) is 0. The summed E-state index contributed by atoms with van der Waals surface area (Å²) in [5.74, 6) is -0.819. The Morgan fingerprint density at radius 3 is 2.48 bits per heavy atom. The molecule has 1 heterocycles. The zero-order valence-corrected chi connectivity index (χ0v) is 13.1. The fraction of sp³-hybridized carbons (Fsp3) is 0.462. The lowest BCUT2D eigenvalue weighted by atomic mass is 10.2. The molecule has 8 heteroatoms. The number of carboxylic acids is 1. The van der Waals surface area contributed by atoms with Crippen LogP contribution in [0.15, 0.2) is 22.7 Å². The van der Waals surface area contributed by atoms with E-state index in [-0.39, 0.29) is 5.69 Å². The standard InChI is InChI=1S/C13H16BrN3O4/c1-9(13(18)19)15-4-6-16(7-5-15)12-3-2-10(17(20)21)8-11(12)14/h2-3,8-9H,4-7H2,1H3,(H,18,19). The fourth-order valence-electron chi connectivity index (χ4n) is 2.37. The minimum absolute atomic E-state index is 0.0451. The number of hydrogen-bond acceptors (Lipinski definition) is 5. The highest BCUT2D eigenvalue weighted by Gasteiger charge is 2.26. The molecule has 0 aliphatic carbocycles. The Morgan fingerprint density at radius 1 is 1.38 bits per heavy atom. The Labute approximate surface area is 130 Å². The predicted octanol–water partition coefficient (Wildman–Crippen LogP) is 1.95. The molecule has 1 aromatic rings. The summed E-state index contributed by atoms with van der Waals surface area (Å²) in [6, 6.07) is 4.19. The highest BCUT2D eigenvalue weighted by Crippen LogP contribution is 2.30. The number of nitrogens with zero attached hydrogens (tertiary/aromatic N) is 3. The number of hydrogen-bond donors (Lipinski definition) is 1. The van der Waals surface area contributed by atoms with Gasteiger partial charge in [0.2, 0.25) is 0 Å². The van der Waals surface area contributed by atoms with Crippen molar-refractivity contribution >= 4 is 33.3 Å². The van der Waals surface area contributed by atoms with Crippen LogP contribution in [0.4, 0.5) is 11.4 Å². The normalized spacial score (nSPS) is 17.5. The Bertz CT molecular complexity index is 558. The van der Waals surface area contributed by atoms with E-state index in [9.17, 15) is 14.9 Å². The summed E-state index contributed by atoms with van der Waals surface area (Å²) in [4.78, 5) is 25.3. The van der Waals surface area contributed by atoms with E-state index in [0.717, 1.165) is 5.69 Å². The molecule has 1 aromatic carbocycles. The van der Waals surface area contributed by atoms with Gasteiger partial charge in [-0.15, -0.1) is 0 Å². The van der Waals surface area contributed by atoms with Gasteiger partial charge < -0.3 is 10.0 Å².